The molecule has 1 heterocycles. The largest absolute Gasteiger partial charge is 0.492 e. The van der Waals surface area contributed by atoms with Crippen LogP contribution in [0.5, 0.6) is 0 Å². The molecule has 0 aromatic carbocycles. The van der Waals surface area contributed by atoms with Crippen molar-refractivity contribution < 1.29 is 14.3 Å². The van der Waals surface area contributed by atoms with Gasteiger partial charge in [-0.05, 0) is 31.3 Å². The minimum Gasteiger partial charge on any atom is -0.492 e. The summed E-state index contributed by atoms with van der Waals surface area (Å²) in [7, 11) is 1.74. The lowest BCUT2D eigenvalue weighted by Gasteiger charge is -2.28. The molecule has 1 amide bonds. The molecule has 5 heteroatoms. The van der Waals surface area contributed by atoms with Gasteiger partial charge in [0.2, 0.25) is 0 Å². The zero-order valence-electron chi connectivity index (χ0n) is 11.5. The van der Waals surface area contributed by atoms with Crippen LogP contribution in [0.1, 0.15) is 38.5 Å². The molecule has 1 atom stereocenters. The highest BCUT2D eigenvalue weighted by Crippen LogP contribution is 2.42. The van der Waals surface area contributed by atoms with Gasteiger partial charge in [0.15, 0.2) is 6.10 Å². The summed E-state index contributed by atoms with van der Waals surface area (Å²) in [6, 6.07) is 0. The Labute approximate surface area is 113 Å². The topological polar surface area (TPSA) is 64.8 Å². The summed E-state index contributed by atoms with van der Waals surface area (Å²) in [5.41, 5.74) is 7.58. The maximum absolute atomic E-state index is 11.3. The van der Waals surface area contributed by atoms with Crippen molar-refractivity contribution in [2.75, 3.05) is 20.2 Å². The normalized spacial score (nSPS) is 28.5. The Morgan fingerprint density at radius 1 is 1.47 bits per heavy atom. The summed E-state index contributed by atoms with van der Waals surface area (Å²) >= 11 is 0. The molecule has 0 spiro atoms. The SMILES string of the molecule is CN1C[C@H](COC(=C2CC2)C2(N)CCCC2)OC1=O. The predicted octanol–water partition coefficient (Wildman–Crippen LogP) is 1.77. The summed E-state index contributed by atoms with van der Waals surface area (Å²) in [6.45, 7) is 1.02. The second-order valence-corrected chi connectivity index (χ2v) is 5.99. The van der Waals surface area contributed by atoms with Crippen molar-refractivity contribution in [3.63, 3.8) is 0 Å². The molecule has 2 aliphatic carbocycles. The first-order valence-electron chi connectivity index (χ1n) is 7.14. The number of amides is 1. The third-order valence-electron chi connectivity index (χ3n) is 4.24. The molecule has 3 aliphatic rings. The van der Waals surface area contributed by atoms with Crippen molar-refractivity contribution in [2.45, 2.75) is 50.2 Å². The van der Waals surface area contributed by atoms with E-state index in [4.69, 9.17) is 15.2 Å². The Kier molecular flexibility index (Phi) is 3.17. The molecule has 2 N–H and O–H groups in total. The third kappa shape index (κ3) is 2.56. The summed E-state index contributed by atoms with van der Waals surface area (Å²) in [4.78, 5) is 12.9. The minimum absolute atomic E-state index is 0.170. The van der Waals surface area contributed by atoms with Gasteiger partial charge in [-0.3, -0.25) is 0 Å². The highest BCUT2D eigenvalue weighted by molar-refractivity contribution is 5.69. The second kappa shape index (κ2) is 4.71. The monoisotopic (exact) mass is 266 g/mol. The van der Waals surface area contributed by atoms with E-state index in [2.05, 4.69) is 0 Å². The number of allylic oxidation sites excluding steroid dienone is 1. The summed E-state index contributed by atoms with van der Waals surface area (Å²) in [6.07, 6.45) is 6.16. The van der Waals surface area contributed by atoms with Gasteiger partial charge in [-0.15, -0.1) is 0 Å². The summed E-state index contributed by atoms with van der Waals surface area (Å²) in [5.74, 6) is 0.996. The highest BCUT2D eigenvalue weighted by Gasteiger charge is 2.40. The molecule has 0 radical (unpaired) electrons. The van der Waals surface area contributed by atoms with Crippen LogP contribution in [-0.2, 0) is 9.47 Å². The van der Waals surface area contributed by atoms with Gasteiger partial charge < -0.3 is 20.1 Å². The molecule has 0 bridgehead atoms. The van der Waals surface area contributed by atoms with E-state index in [1.807, 2.05) is 0 Å². The van der Waals surface area contributed by atoms with Crippen LogP contribution in [0.4, 0.5) is 4.79 Å². The average molecular weight is 266 g/mol. The molecular weight excluding hydrogens is 244 g/mol. The van der Waals surface area contributed by atoms with Crippen LogP contribution in [0.25, 0.3) is 0 Å². The van der Waals surface area contributed by atoms with E-state index in [0.717, 1.165) is 31.4 Å². The highest BCUT2D eigenvalue weighted by atomic mass is 16.6. The smallest absolute Gasteiger partial charge is 0.410 e. The lowest BCUT2D eigenvalue weighted by Crippen LogP contribution is -2.40. The van der Waals surface area contributed by atoms with Crippen LogP contribution < -0.4 is 5.73 Å². The fraction of sp³-hybridized carbons (Fsp3) is 0.786. The maximum Gasteiger partial charge on any atom is 0.410 e. The van der Waals surface area contributed by atoms with E-state index in [1.165, 1.54) is 18.4 Å². The number of ether oxygens (including phenoxy) is 2. The van der Waals surface area contributed by atoms with Crippen LogP contribution in [0.2, 0.25) is 0 Å². The molecule has 5 nitrogen and oxygen atoms in total. The fourth-order valence-electron chi connectivity index (χ4n) is 3.03. The number of rotatable bonds is 4. The van der Waals surface area contributed by atoms with E-state index >= 15 is 0 Å². The van der Waals surface area contributed by atoms with Crippen LogP contribution in [-0.4, -0.2) is 42.8 Å². The minimum atomic E-state index is -0.266. The quantitative estimate of drug-likeness (QED) is 0.788. The summed E-state index contributed by atoms with van der Waals surface area (Å²) < 4.78 is 11.2. The number of hydrogen-bond acceptors (Lipinski definition) is 4. The standard InChI is InChI=1S/C14H22N2O3/c1-16-8-11(19-13(16)17)9-18-12(10-4-5-10)14(15)6-2-3-7-14/h11H,2-9,15H2,1H3/t11-/m1/s1. The zero-order valence-corrected chi connectivity index (χ0v) is 11.5. The molecule has 0 aromatic heterocycles. The van der Waals surface area contributed by atoms with Crippen LogP contribution in [0.15, 0.2) is 11.3 Å². The number of cyclic esters (lactones) is 1. The van der Waals surface area contributed by atoms with Crippen molar-refractivity contribution in [1.82, 2.24) is 4.90 Å². The molecule has 19 heavy (non-hydrogen) atoms. The fourth-order valence-corrected chi connectivity index (χ4v) is 3.03. The Morgan fingerprint density at radius 2 is 2.16 bits per heavy atom. The first-order chi connectivity index (χ1) is 9.08. The Bertz CT molecular complexity index is 407. The molecule has 0 aromatic rings. The van der Waals surface area contributed by atoms with Crippen molar-refractivity contribution in [3.05, 3.63) is 11.3 Å². The van der Waals surface area contributed by atoms with Crippen LogP contribution in [0.3, 0.4) is 0 Å². The molecule has 1 saturated heterocycles. The number of carbonyl (C=O) groups is 1. The van der Waals surface area contributed by atoms with Crippen molar-refractivity contribution >= 4 is 6.09 Å². The molecule has 3 rings (SSSR count). The Morgan fingerprint density at radius 3 is 2.68 bits per heavy atom. The van der Waals surface area contributed by atoms with Gasteiger partial charge in [0.05, 0.1) is 12.1 Å². The van der Waals surface area contributed by atoms with E-state index in [0.29, 0.717) is 13.2 Å². The van der Waals surface area contributed by atoms with Crippen LogP contribution >= 0.6 is 0 Å². The van der Waals surface area contributed by atoms with Gasteiger partial charge in [0.1, 0.15) is 12.4 Å². The van der Waals surface area contributed by atoms with Crippen molar-refractivity contribution in [2.24, 2.45) is 5.73 Å². The van der Waals surface area contributed by atoms with E-state index in [1.54, 1.807) is 11.9 Å². The zero-order chi connectivity index (χ0) is 13.5. The molecular formula is C14H22N2O3. The molecule has 0 unspecified atom stereocenters. The molecule has 3 fully saturated rings. The molecule has 2 saturated carbocycles. The number of nitrogens with two attached hydrogens (primary N) is 1. The Hall–Kier alpha value is -1.23. The number of carbonyl (C=O) groups excluding carboxylic acids is 1. The average Bonchev–Trinajstić information content (AvgIpc) is 3.02. The van der Waals surface area contributed by atoms with Crippen molar-refractivity contribution in [1.29, 1.82) is 0 Å². The van der Waals surface area contributed by atoms with E-state index < -0.39 is 0 Å². The lowest BCUT2D eigenvalue weighted by atomic mass is 9.95. The van der Waals surface area contributed by atoms with Gasteiger partial charge in [-0.2, -0.15) is 0 Å². The first kappa shape index (κ1) is 12.8. The van der Waals surface area contributed by atoms with Gasteiger partial charge in [-0.25, -0.2) is 4.79 Å². The Balaban J connectivity index is 1.61. The second-order valence-electron chi connectivity index (χ2n) is 5.99. The first-order valence-corrected chi connectivity index (χ1v) is 7.14. The lowest BCUT2D eigenvalue weighted by molar-refractivity contribution is 0.0635. The van der Waals surface area contributed by atoms with Gasteiger partial charge >= 0.3 is 6.09 Å². The maximum atomic E-state index is 11.3. The predicted molar refractivity (Wildman–Crippen MR) is 70.5 cm³/mol. The number of nitrogens with zero attached hydrogens (tertiary/aromatic N) is 1. The third-order valence-corrected chi connectivity index (χ3v) is 4.24. The van der Waals surface area contributed by atoms with Gasteiger partial charge in [-0.1, -0.05) is 12.8 Å². The van der Waals surface area contributed by atoms with Crippen molar-refractivity contribution in [3.8, 4) is 0 Å². The molecule has 1 aliphatic heterocycles. The molecule has 106 valence electrons. The van der Waals surface area contributed by atoms with E-state index in [-0.39, 0.29) is 17.7 Å². The van der Waals surface area contributed by atoms with Crippen LogP contribution in [0, 0.1) is 0 Å². The number of hydrogen-bond donors (Lipinski definition) is 1. The van der Waals surface area contributed by atoms with Gasteiger partial charge in [0.25, 0.3) is 0 Å². The van der Waals surface area contributed by atoms with E-state index in [9.17, 15) is 4.79 Å². The van der Waals surface area contributed by atoms with Gasteiger partial charge in [0, 0.05) is 7.05 Å². The number of likely N-dealkylation sites (N-methyl/N-ethyl adjacent to an activating group) is 1. The summed E-state index contributed by atoms with van der Waals surface area (Å²) in [5, 5.41) is 0.